The summed E-state index contributed by atoms with van der Waals surface area (Å²) in [6.45, 7) is 1.39. The topological polar surface area (TPSA) is 98.7 Å². The predicted octanol–water partition coefficient (Wildman–Crippen LogP) is 4.66. The van der Waals surface area contributed by atoms with E-state index >= 15 is 0 Å². The van der Waals surface area contributed by atoms with E-state index in [-0.39, 0.29) is 24.9 Å². The molecule has 3 heterocycles. The Hall–Kier alpha value is -4.46. The molecule has 1 N–H and O–H groups in total. The smallest absolute Gasteiger partial charge is 0.303 e. The number of amides is 1. The van der Waals surface area contributed by atoms with Gasteiger partial charge in [-0.25, -0.2) is 4.98 Å². The van der Waals surface area contributed by atoms with E-state index in [1.54, 1.807) is 0 Å². The van der Waals surface area contributed by atoms with Crippen molar-refractivity contribution in [3.63, 3.8) is 0 Å². The number of rotatable bonds is 5. The van der Waals surface area contributed by atoms with Crippen molar-refractivity contribution in [3.8, 4) is 17.1 Å². The van der Waals surface area contributed by atoms with Gasteiger partial charge in [0, 0.05) is 30.6 Å². The summed E-state index contributed by atoms with van der Waals surface area (Å²) in [5, 5.41) is 2.96. The Morgan fingerprint density at radius 3 is 2.76 bits per heavy atom. The molecule has 0 spiro atoms. The van der Waals surface area contributed by atoms with Gasteiger partial charge in [-0.2, -0.15) is 0 Å². The molecule has 0 fully saturated rings. The highest BCUT2D eigenvalue weighted by Crippen LogP contribution is 2.32. The molecule has 1 aliphatic heterocycles. The number of anilines is 1. The number of nitrogens with one attached hydrogen (secondary N) is 1. The van der Waals surface area contributed by atoms with Gasteiger partial charge in [-0.15, -0.1) is 0 Å². The van der Waals surface area contributed by atoms with Crippen LogP contribution in [0.4, 0.5) is 11.4 Å². The fourth-order valence-electron chi connectivity index (χ4n) is 3.60. The summed E-state index contributed by atoms with van der Waals surface area (Å²) in [7, 11) is 0. The number of fused-ring (bicyclic) bond motifs is 1. The predicted molar refractivity (Wildman–Crippen MR) is 123 cm³/mol. The molecule has 2 aromatic heterocycles. The van der Waals surface area contributed by atoms with Crippen LogP contribution in [0.25, 0.3) is 17.1 Å². The molecule has 0 aliphatic carbocycles. The Morgan fingerprint density at radius 1 is 1.12 bits per heavy atom. The number of aliphatic imine (C=N–C) groups is 1. The summed E-state index contributed by atoms with van der Waals surface area (Å²) < 4.78 is 12.5. The van der Waals surface area contributed by atoms with Crippen LogP contribution in [0.1, 0.15) is 24.6 Å². The molecule has 1 amide bonds. The van der Waals surface area contributed by atoms with E-state index in [1.165, 1.54) is 13.2 Å². The maximum absolute atomic E-state index is 12.6. The number of ether oxygens (including phenoxy) is 1. The van der Waals surface area contributed by atoms with Crippen molar-refractivity contribution in [3.05, 3.63) is 84.5 Å². The molecule has 33 heavy (non-hydrogen) atoms. The first kappa shape index (κ1) is 20.4. The third kappa shape index (κ3) is 4.45. The minimum absolute atomic E-state index is 0.0488. The number of carbonyl (C=O) groups is 2. The molecule has 8 nitrogen and oxygen atoms in total. The van der Waals surface area contributed by atoms with Gasteiger partial charge < -0.3 is 19.0 Å². The Balaban J connectivity index is 1.46. The first-order valence-electron chi connectivity index (χ1n) is 10.4. The Labute approximate surface area is 189 Å². The lowest BCUT2D eigenvalue weighted by Crippen LogP contribution is -2.15. The standard InChI is InChI=1S/C25H20N4O4/c1-16(30)32-14-19-15-33-25(26-19)18-6-4-5-17(11-18)22-13-24(31)28-23-12-20(7-8-21(23)27-22)29-9-2-3-10-29/h2-12,15H,13-14H2,1H3,(H,28,31). The Morgan fingerprint density at radius 2 is 1.94 bits per heavy atom. The van der Waals surface area contributed by atoms with Gasteiger partial charge in [-0.1, -0.05) is 12.1 Å². The maximum atomic E-state index is 12.6. The highest BCUT2D eigenvalue weighted by atomic mass is 16.5. The highest BCUT2D eigenvalue weighted by molar-refractivity contribution is 6.17. The van der Waals surface area contributed by atoms with E-state index in [0.29, 0.717) is 28.7 Å². The van der Waals surface area contributed by atoms with Crippen molar-refractivity contribution in [1.29, 1.82) is 0 Å². The highest BCUT2D eigenvalue weighted by Gasteiger charge is 2.19. The van der Waals surface area contributed by atoms with E-state index in [9.17, 15) is 9.59 Å². The molecule has 4 aromatic rings. The number of carbonyl (C=O) groups excluding carboxylic acids is 2. The second kappa shape index (κ2) is 8.58. The average molecular weight is 440 g/mol. The molecule has 164 valence electrons. The van der Waals surface area contributed by atoms with Crippen molar-refractivity contribution < 1.29 is 18.7 Å². The van der Waals surface area contributed by atoms with Crippen molar-refractivity contribution in [2.75, 3.05) is 5.32 Å². The molecule has 5 rings (SSSR count). The van der Waals surface area contributed by atoms with Crippen molar-refractivity contribution in [1.82, 2.24) is 9.55 Å². The molecule has 0 unspecified atom stereocenters. The summed E-state index contributed by atoms with van der Waals surface area (Å²) in [4.78, 5) is 32.8. The molecule has 0 atom stereocenters. The number of hydrogen-bond acceptors (Lipinski definition) is 6. The van der Waals surface area contributed by atoms with Gasteiger partial charge in [0.15, 0.2) is 0 Å². The first-order valence-corrected chi connectivity index (χ1v) is 10.4. The third-order valence-corrected chi connectivity index (χ3v) is 5.16. The van der Waals surface area contributed by atoms with Gasteiger partial charge in [0.2, 0.25) is 11.8 Å². The van der Waals surface area contributed by atoms with E-state index in [4.69, 9.17) is 14.1 Å². The summed E-state index contributed by atoms with van der Waals surface area (Å²) >= 11 is 0. The SMILES string of the molecule is CC(=O)OCc1coc(-c2cccc(C3=Nc4ccc(-n5cccc5)cc4NC(=O)C3)c2)n1. The lowest BCUT2D eigenvalue weighted by molar-refractivity contribution is -0.142. The number of oxazole rings is 1. The third-order valence-electron chi connectivity index (χ3n) is 5.16. The zero-order valence-corrected chi connectivity index (χ0v) is 17.8. The van der Waals surface area contributed by atoms with E-state index in [2.05, 4.69) is 10.3 Å². The average Bonchev–Trinajstić information content (AvgIpc) is 3.48. The number of nitrogens with zero attached hydrogens (tertiary/aromatic N) is 3. The fraction of sp³-hybridized carbons (Fsp3) is 0.120. The van der Waals surface area contributed by atoms with Crippen LogP contribution < -0.4 is 5.32 Å². The second-order valence-electron chi connectivity index (χ2n) is 7.58. The van der Waals surface area contributed by atoms with Crippen molar-refractivity contribution in [2.24, 2.45) is 4.99 Å². The minimum atomic E-state index is -0.382. The minimum Gasteiger partial charge on any atom is -0.459 e. The normalized spacial score (nSPS) is 13.0. The van der Waals surface area contributed by atoms with E-state index < -0.39 is 0 Å². The van der Waals surface area contributed by atoms with Gasteiger partial charge in [-0.05, 0) is 48.0 Å². The summed E-state index contributed by atoms with van der Waals surface area (Å²) in [5.41, 5.74) is 4.99. The fourth-order valence-corrected chi connectivity index (χ4v) is 3.60. The molecule has 0 bridgehead atoms. The monoisotopic (exact) mass is 440 g/mol. The molecular formula is C25H20N4O4. The first-order chi connectivity index (χ1) is 16.0. The van der Waals surface area contributed by atoms with Gasteiger partial charge in [0.1, 0.15) is 18.6 Å². The van der Waals surface area contributed by atoms with Crippen LogP contribution in [0.15, 0.2) is 82.7 Å². The van der Waals surface area contributed by atoms with Crippen LogP contribution in [-0.2, 0) is 20.9 Å². The maximum Gasteiger partial charge on any atom is 0.303 e. The molecular weight excluding hydrogens is 420 g/mol. The van der Waals surface area contributed by atoms with Crippen LogP contribution in [0, 0.1) is 0 Å². The van der Waals surface area contributed by atoms with E-state index in [0.717, 1.165) is 16.8 Å². The number of hydrogen-bond donors (Lipinski definition) is 1. The Kier molecular flexibility index (Phi) is 5.32. The van der Waals surface area contributed by atoms with Crippen LogP contribution in [0.5, 0.6) is 0 Å². The van der Waals surface area contributed by atoms with Crippen LogP contribution >= 0.6 is 0 Å². The van der Waals surface area contributed by atoms with Gasteiger partial charge in [0.05, 0.1) is 23.5 Å². The lowest BCUT2D eigenvalue weighted by atomic mass is 10.0. The quantitative estimate of drug-likeness (QED) is 0.455. The molecule has 8 heteroatoms. The number of benzene rings is 2. The molecule has 2 aromatic carbocycles. The van der Waals surface area contributed by atoms with Gasteiger partial charge >= 0.3 is 5.97 Å². The zero-order valence-electron chi connectivity index (χ0n) is 17.8. The lowest BCUT2D eigenvalue weighted by Gasteiger charge is -2.08. The molecule has 0 radical (unpaired) electrons. The Bertz CT molecular complexity index is 1370. The van der Waals surface area contributed by atoms with Gasteiger partial charge in [-0.3, -0.25) is 14.6 Å². The second-order valence-corrected chi connectivity index (χ2v) is 7.58. The summed E-state index contributed by atoms with van der Waals surface area (Å²) in [5.74, 6) is -0.122. The molecule has 0 saturated heterocycles. The van der Waals surface area contributed by atoms with Crippen LogP contribution in [0.2, 0.25) is 0 Å². The summed E-state index contributed by atoms with van der Waals surface area (Å²) in [6, 6.07) is 17.2. The number of aromatic nitrogens is 2. The van der Waals surface area contributed by atoms with Crippen LogP contribution in [-0.4, -0.2) is 27.1 Å². The summed E-state index contributed by atoms with van der Waals surface area (Å²) in [6.07, 6.45) is 5.49. The molecule has 0 saturated carbocycles. The largest absolute Gasteiger partial charge is 0.459 e. The van der Waals surface area contributed by atoms with Crippen LogP contribution in [0.3, 0.4) is 0 Å². The van der Waals surface area contributed by atoms with Crippen molar-refractivity contribution in [2.45, 2.75) is 20.0 Å². The molecule has 1 aliphatic rings. The van der Waals surface area contributed by atoms with Crippen molar-refractivity contribution >= 4 is 29.0 Å². The number of esters is 1. The van der Waals surface area contributed by atoms with Gasteiger partial charge in [0.25, 0.3) is 0 Å². The van der Waals surface area contributed by atoms with E-state index in [1.807, 2.05) is 71.6 Å². The zero-order chi connectivity index (χ0) is 22.8.